The summed E-state index contributed by atoms with van der Waals surface area (Å²) in [5, 5.41) is 0.128. The minimum Gasteiger partial charge on any atom is -0.457 e. The van der Waals surface area contributed by atoms with Crippen molar-refractivity contribution in [1.29, 1.82) is 0 Å². The van der Waals surface area contributed by atoms with Crippen molar-refractivity contribution in [3.63, 3.8) is 0 Å². The van der Waals surface area contributed by atoms with Crippen molar-refractivity contribution < 1.29 is 27.2 Å². The van der Waals surface area contributed by atoms with Crippen molar-refractivity contribution in [1.82, 2.24) is 4.90 Å². The van der Waals surface area contributed by atoms with E-state index in [9.17, 15) is 22.8 Å². The lowest BCUT2D eigenvalue weighted by atomic mass is 10.1. The van der Waals surface area contributed by atoms with Gasteiger partial charge in [0.15, 0.2) is 0 Å². The number of nitrogens with zero attached hydrogens (tertiary/aromatic N) is 1. The first kappa shape index (κ1) is 21.3. The van der Waals surface area contributed by atoms with Crippen LogP contribution in [0.5, 0.6) is 0 Å². The van der Waals surface area contributed by atoms with Crippen LogP contribution in [0.3, 0.4) is 0 Å². The summed E-state index contributed by atoms with van der Waals surface area (Å²) in [6, 6.07) is 14.6. The van der Waals surface area contributed by atoms with Gasteiger partial charge < -0.3 is 4.42 Å². The zero-order chi connectivity index (χ0) is 22.2. The number of rotatable bonds is 4. The molecule has 0 saturated carbocycles. The van der Waals surface area contributed by atoms with Crippen molar-refractivity contribution in [2.75, 3.05) is 0 Å². The SMILES string of the molecule is O=C1SC(=Cc2ccc(-c3cccc(C(F)(F)F)c3)o2)C(=O)N1Cc1ccc(Cl)cc1. The second-order valence-electron chi connectivity index (χ2n) is 6.67. The van der Waals surface area contributed by atoms with Gasteiger partial charge in [0, 0.05) is 16.7 Å². The first-order valence-electron chi connectivity index (χ1n) is 8.98. The van der Waals surface area contributed by atoms with E-state index in [1.807, 2.05) is 0 Å². The summed E-state index contributed by atoms with van der Waals surface area (Å²) in [4.78, 5) is 26.2. The van der Waals surface area contributed by atoms with Gasteiger partial charge in [-0.1, -0.05) is 35.9 Å². The molecule has 0 aliphatic carbocycles. The fraction of sp³-hybridized carbons (Fsp3) is 0.0909. The van der Waals surface area contributed by atoms with Crippen LogP contribution in [0.2, 0.25) is 5.02 Å². The minimum atomic E-state index is -4.46. The Morgan fingerprint density at radius 3 is 2.48 bits per heavy atom. The molecule has 1 fully saturated rings. The molecule has 2 heterocycles. The normalized spacial score (nSPS) is 15.9. The summed E-state index contributed by atoms with van der Waals surface area (Å²) >= 11 is 6.62. The topological polar surface area (TPSA) is 50.5 Å². The Bertz CT molecular complexity index is 1190. The van der Waals surface area contributed by atoms with Crippen LogP contribution in [0, 0.1) is 0 Å². The van der Waals surface area contributed by atoms with Crippen LogP contribution in [0.25, 0.3) is 17.4 Å². The quantitative estimate of drug-likeness (QED) is 0.397. The minimum absolute atomic E-state index is 0.104. The number of furan rings is 1. The van der Waals surface area contributed by atoms with Crippen LogP contribution < -0.4 is 0 Å². The molecule has 1 aliphatic heterocycles. The number of carbonyl (C=O) groups excluding carboxylic acids is 2. The second kappa shape index (κ2) is 8.28. The average molecular weight is 464 g/mol. The summed E-state index contributed by atoms with van der Waals surface area (Å²) < 4.78 is 44.4. The summed E-state index contributed by atoms with van der Waals surface area (Å²) in [5.74, 6) is 0.00381. The first-order valence-corrected chi connectivity index (χ1v) is 10.2. The molecule has 31 heavy (non-hydrogen) atoms. The smallest absolute Gasteiger partial charge is 0.416 e. The van der Waals surface area contributed by atoms with Crippen molar-refractivity contribution in [3.8, 4) is 11.3 Å². The predicted octanol–water partition coefficient (Wildman–Crippen LogP) is 6.86. The number of carbonyl (C=O) groups is 2. The molecule has 4 rings (SSSR count). The molecule has 1 saturated heterocycles. The average Bonchev–Trinajstić information content (AvgIpc) is 3.29. The monoisotopic (exact) mass is 463 g/mol. The van der Waals surface area contributed by atoms with E-state index in [-0.39, 0.29) is 28.5 Å². The molecule has 3 aromatic rings. The molecule has 1 aliphatic rings. The van der Waals surface area contributed by atoms with Crippen LogP contribution in [-0.2, 0) is 17.5 Å². The van der Waals surface area contributed by atoms with Gasteiger partial charge in [-0.25, -0.2) is 0 Å². The maximum absolute atomic E-state index is 12.9. The van der Waals surface area contributed by atoms with Crippen molar-refractivity contribution in [2.45, 2.75) is 12.7 Å². The molecule has 0 radical (unpaired) electrons. The molecule has 2 aromatic carbocycles. The van der Waals surface area contributed by atoms with E-state index in [0.717, 1.165) is 34.4 Å². The fourth-order valence-electron chi connectivity index (χ4n) is 2.97. The zero-order valence-electron chi connectivity index (χ0n) is 15.7. The third kappa shape index (κ3) is 4.70. The highest BCUT2D eigenvalue weighted by molar-refractivity contribution is 8.18. The number of amides is 2. The Hall–Kier alpha value is -2.97. The number of benzene rings is 2. The van der Waals surface area contributed by atoms with Crippen LogP contribution in [-0.4, -0.2) is 16.0 Å². The Kier molecular flexibility index (Phi) is 5.68. The number of alkyl halides is 3. The molecule has 0 spiro atoms. The molecule has 4 nitrogen and oxygen atoms in total. The first-order chi connectivity index (χ1) is 14.7. The maximum atomic E-state index is 12.9. The second-order valence-corrected chi connectivity index (χ2v) is 8.10. The lowest BCUT2D eigenvalue weighted by molar-refractivity contribution is -0.137. The van der Waals surface area contributed by atoms with Gasteiger partial charge in [-0.15, -0.1) is 0 Å². The highest BCUT2D eigenvalue weighted by atomic mass is 35.5. The molecule has 9 heteroatoms. The van der Waals surface area contributed by atoms with Crippen LogP contribution in [0.1, 0.15) is 16.9 Å². The molecular weight excluding hydrogens is 451 g/mol. The Morgan fingerprint density at radius 2 is 1.77 bits per heavy atom. The molecule has 1 aromatic heterocycles. The molecule has 2 amide bonds. The van der Waals surface area contributed by atoms with E-state index in [0.29, 0.717) is 5.02 Å². The van der Waals surface area contributed by atoms with Gasteiger partial charge in [0.2, 0.25) is 0 Å². The highest BCUT2D eigenvalue weighted by Gasteiger charge is 2.35. The van der Waals surface area contributed by atoms with Crippen molar-refractivity contribution in [3.05, 3.63) is 87.5 Å². The zero-order valence-corrected chi connectivity index (χ0v) is 17.2. The molecule has 0 N–H and O–H groups in total. The van der Waals surface area contributed by atoms with Crippen LogP contribution in [0.15, 0.2) is 70.0 Å². The largest absolute Gasteiger partial charge is 0.457 e. The lowest BCUT2D eigenvalue weighted by Gasteiger charge is -2.12. The van der Waals surface area contributed by atoms with Crippen LogP contribution >= 0.6 is 23.4 Å². The Labute approximate surface area is 184 Å². The number of hydrogen-bond acceptors (Lipinski definition) is 4. The number of hydrogen-bond donors (Lipinski definition) is 0. The predicted molar refractivity (Wildman–Crippen MR) is 112 cm³/mol. The van der Waals surface area contributed by atoms with Gasteiger partial charge in [0.1, 0.15) is 11.5 Å². The number of imide groups is 1. The summed E-state index contributed by atoms with van der Waals surface area (Å²) in [6.45, 7) is 0.104. The molecule has 0 atom stereocenters. The van der Waals surface area contributed by atoms with Crippen LogP contribution in [0.4, 0.5) is 18.0 Å². The van der Waals surface area contributed by atoms with E-state index >= 15 is 0 Å². The summed E-state index contributed by atoms with van der Waals surface area (Å²) in [7, 11) is 0. The van der Waals surface area contributed by atoms with Crippen molar-refractivity contribution in [2.24, 2.45) is 0 Å². The van der Waals surface area contributed by atoms with E-state index < -0.39 is 22.9 Å². The lowest BCUT2D eigenvalue weighted by Crippen LogP contribution is -2.27. The molecular formula is C22H13ClF3NO3S. The maximum Gasteiger partial charge on any atom is 0.416 e. The molecule has 0 bridgehead atoms. The van der Waals surface area contributed by atoms with Crippen molar-refractivity contribution >= 4 is 40.6 Å². The Morgan fingerprint density at radius 1 is 1.03 bits per heavy atom. The third-order valence-corrected chi connectivity index (χ3v) is 5.66. The third-order valence-electron chi connectivity index (χ3n) is 4.50. The standard InChI is InChI=1S/C22H13ClF3NO3S/c23-16-6-4-13(5-7-16)12-27-20(28)19(31-21(27)29)11-17-8-9-18(30-17)14-2-1-3-15(10-14)22(24,25)26/h1-11H,12H2. The summed E-state index contributed by atoms with van der Waals surface area (Å²) in [6.07, 6.45) is -3.06. The number of halogens is 4. The van der Waals surface area contributed by atoms with E-state index in [1.165, 1.54) is 30.3 Å². The fourth-order valence-corrected chi connectivity index (χ4v) is 3.92. The van der Waals surface area contributed by atoms with E-state index in [4.69, 9.17) is 16.0 Å². The van der Waals surface area contributed by atoms with Gasteiger partial charge in [0.05, 0.1) is 17.0 Å². The highest BCUT2D eigenvalue weighted by Crippen LogP contribution is 2.35. The van der Waals surface area contributed by atoms with Gasteiger partial charge in [0.25, 0.3) is 11.1 Å². The molecule has 158 valence electrons. The van der Waals surface area contributed by atoms with Gasteiger partial charge in [-0.3, -0.25) is 14.5 Å². The van der Waals surface area contributed by atoms with Gasteiger partial charge >= 0.3 is 6.18 Å². The van der Waals surface area contributed by atoms with E-state index in [2.05, 4.69) is 0 Å². The molecule has 0 unspecified atom stereocenters. The summed E-state index contributed by atoms with van der Waals surface area (Å²) in [5.41, 5.74) is 0.217. The Balaban J connectivity index is 1.53. The van der Waals surface area contributed by atoms with E-state index in [1.54, 1.807) is 24.3 Å². The van der Waals surface area contributed by atoms with Gasteiger partial charge in [-0.05, 0) is 53.7 Å². The number of thioether (sulfide) groups is 1. The van der Waals surface area contributed by atoms with Gasteiger partial charge in [-0.2, -0.15) is 13.2 Å².